The Kier molecular flexibility index (Phi) is 8.77. The molecule has 33 heavy (non-hydrogen) atoms. The van der Waals surface area contributed by atoms with Gasteiger partial charge in [0.05, 0.1) is 25.7 Å². The molecular weight excluding hydrogens is 450 g/mol. The van der Waals surface area contributed by atoms with E-state index in [9.17, 15) is 18.0 Å². The number of hydrogen-bond acceptors (Lipinski definition) is 7. The zero-order valence-electron chi connectivity index (χ0n) is 18.8. The summed E-state index contributed by atoms with van der Waals surface area (Å²) in [7, 11) is 0.614. The number of Topliss-reactive ketones (excluding diaryl/α,β-unsaturated/α-hetero) is 1. The van der Waals surface area contributed by atoms with Gasteiger partial charge in [0.1, 0.15) is 6.54 Å². The molecule has 0 spiro atoms. The topological polar surface area (TPSA) is 161 Å². The summed E-state index contributed by atoms with van der Waals surface area (Å²) in [6, 6.07) is 9.12. The number of nitrogens with two attached hydrogens (primary N) is 1. The number of amides is 1. The lowest BCUT2D eigenvalue weighted by atomic mass is 10.1. The molecule has 11 nitrogen and oxygen atoms in total. The molecule has 0 bridgehead atoms. The zero-order chi connectivity index (χ0) is 24.6. The van der Waals surface area contributed by atoms with Crippen LogP contribution in [0.2, 0.25) is 0 Å². The molecule has 0 aliphatic rings. The molecule has 2 aromatic rings. The highest BCUT2D eigenvalue weighted by molar-refractivity contribution is 7.89. The van der Waals surface area contributed by atoms with Crippen LogP contribution < -0.4 is 30.6 Å². The number of aryl methyl sites for hydroxylation is 1. The van der Waals surface area contributed by atoms with Gasteiger partial charge >= 0.3 is 0 Å². The zero-order valence-corrected chi connectivity index (χ0v) is 19.6. The summed E-state index contributed by atoms with van der Waals surface area (Å²) in [6.07, 6.45) is 0. The average molecular weight is 478 g/mol. The van der Waals surface area contributed by atoms with E-state index in [0.29, 0.717) is 28.3 Å². The molecule has 178 valence electrons. The van der Waals surface area contributed by atoms with Gasteiger partial charge in [0, 0.05) is 11.3 Å². The van der Waals surface area contributed by atoms with E-state index in [2.05, 4.69) is 20.3 Å². The van der Waals surface area contributed by atoms with Crippen LogP contribution in [0.3, 0.4) is 0 Å². The Hall–Kier alpha value is -3.64. The Morgan fingerprint density at radius 2 is 1.76 bits per heavy atom. The number of nitrogens with zero attached hydrogens (tertiary/aromatic N) is 1. The van der Waals surface area contributed by atoms with Crippen LogP contribution in [0, 0.1) is 6.92 Å². The van der Waals surface area contributed by atoms with E-state index in [0.717, 1.165) is 0 Å². The molecule has 0 unspecified atom stereocenters. The molecule has 2 aromatic carbocycles. The van der Waals surface area contributed by atoms with Crippen LogP contribution in [0.15, 0.2) is 46.3 Å². The molecule has 0 saturated heterocycles. The minimum atomic E-state index is -3.65. The molecule has 0 aliphatic carbocycles. The summed E-state index contributed by atoms with van der Waals surface area (Å²) in [5.41, 5.74) is 7.14. The van der Waals surface area contributed by atoms with Crippen LogP contribution >= 0.6 is 0 Å². The number of ether oxygens (including phenoxy) is 2. The van der Waals surface area contributed by atoms with Gasteiger partial charge in [-0.25, -0.2) is 18.1 Å². The largest absolute Gasteiger partial charge is 0.493 e. The third-order valence-electron chi connectivity index (χ3n) is 4.59. The van der Waals surface area contributed by atoms with Gasteiger partial charge in [-0.15, -0.1) is 0 Å². The molecule has 0 heterocycles. The number of aliphatic imine (C=N–C) groups is 1. The first-order valence-corrected chi connectivity index (χ1v) is 11.2. The number of anilines is 1. The van der Waals surface area contributed by atoms with Crippen molar-refractivity contribution in [2.24, 2.45) is 10.7 Å². The van der Waals surface area contributed by atoms with Gasteiger partial charge in [-0.1, -0.05) is 6.07 Å². The van der Waals surface area contributed by atoms with Gasteiger partial charge < -0.3 is 25.8 Å². The molecule has 0 aromatic heterocycles. The number of ketones is 1. The molecular formula is C21H27N5O6S. The number of rotatable bonds is 10. The van der Waals surface area contributed by atoms with Crippen molar-refractivity contribution < 1.29 is 27.5 Å². The minimum absolute atomic E-state index is 0.0219. The fourth-order valence-electron chi connectivity index (χ4n) is 2.70. The van der Waals surface area contributed by atoms with Crippen LogP contribution in [0.4, 0.5) is 5.69 Å². The van der Waals surface area contributed by atoms with Crippen LogP contribution in [0.5, 0.6) is 11.5 Å². The number of sulfonamides is 1. The third kappa shape index (κ3) is 6.92. The Bertz CT molecular complexity index is 1160. The van der Waals surface area contributed by atoms with E-state index >= 15 is 0 Å². The number of nitrogens with one attached hydrogen (secondary N) is 3. The van der Waals surface area contributed by atoms with Crippen molar-refractivity contribution in [1.29, 1.82) is 0 Å². The SMILES string of the molecule is CNS(=O)(=O)c1ccc(C)c(NC(=O)CNC(N)=NCC(=O)c2ccc(OC)c(OC)c2)c1. The molecule has 0 fully saturated rings. The lowest BCUT2D eigenvalue weighted by molar-refractivity contribution is -0.115. The van der Waals surface area contributed by atoms with Crippen LogP contribution in [-0.4, -0.2) is 60.4 Å². The second-order valence-corrected chi connectivity index (χ2v) is 8.67. The first kappa shape index (κ1) is 25.6. The molecule has 12 heteroatoms. The highest BCUT2D eigenvalue weighted by Gasteiger charge is 2.14. The quantitative estimate of drug-likeness (QED) is 0.220. The predicted molar refractivity (Wildman–Crippen MR) is 124 cm³/mol. The fourth-order valence-corrected chi connectivity index (χ4v) is 3.46. The maximum absolute atomic E-state index is 12.4. The highest BCUT2D eigenvalue weighted by atomic mass is 32.2. The average Bonchev–Trinajstić information content (AvgIpc) is 2.81. The summed E-state index contributed by atoms with van der Waals surface area (Å²) in [6.45, 7) is 1.26. The summed E-state index contributed by atoms with van der Waals surface area (Å²) in [5, 5.41) is 5.23. The van der Waals surface area contributed by atoms with Crippen molar-refractivity contribution in [3.05, 3.63) is 47.5 Å². The second-order valence-electron chi connectivity index (χ2n) is 6.78. The number of hydrogen-bond donors (Lipinski definition) is 4. The van der Waals surface area contributed by atoms with E-state index in [-0.39, 0.29) is 29.7 Å². The fraction of sp³-hybridized carbons (Fsp3) is 0.286. The Balaban J connectivity index is 1.95. The van der Waals surface area contributed by atoms with E-state index in [1.54, 1.807) is 31.2 Å². The van der Waals surface area contributed by atoms with Gasteiger partial charge in [-0.2, -0.15) is 0 Å². The molecule has 1 amide bonds. The standard InChI is InChI=1S/C21H27N5O6S/c1-13-5-7-15(33(29,30)23-2)10-16(13)26-20(28)12-25-21(22)24-11-17(27)14-6-8-18(31-3)19(9-14)32-4/h5-10,23H,11-12H2,1-4H3,(H,26,28)(H3,22,24,25). The number of carbonyl (C=O) groups excluding carboxylic acids is 2. The van der Waals surface area contributed by atoms with Gasteiger partial charge in [-0.3, -0.25) is 9.59 Å². The number of benzene rings is 2. The second kappa shape index (κ2) is 11.3. The summed E-state index contributed by atoms with van der Waals surface area (Å²) in [5.74, 6) is 0.0399. The van der Waals surface area contributed by atoms with Gasteiger partial charge in [-0.05, 0) is 49.9 Å². The number of carbonyl (C=O) groups is 2. The maximum Gasteiger partial charge on any atom is 0.243 e. The molecule has 0 atom stereocenters. The van der Waals surface area contributed by atoms with E-state index in [1.807, 2.05) is 0 Å². The van der Waals surface area contributed by atoms with E-state index in [1.165, 1.54) is 33.4 Å². The Labute approximate surface area is 192 Å². The normalized spacial score (nSPS) is 11.6. The maximum atomic E-state index is 12.4. The number of methoxy groups -OCH3 is 2. The summed E-state index contributed by atoms with van der Waals surface area (Å²) in [4.78, 5) is 28.6. The van der Waals surface area contributed by atoms with Gasteiger partial charge in [0.15, 0.2) is 23.2 Å². The molecule has 2 rings (SSSR count). The predicted octanol–water partition coefficient (Wildman–Crippen LogP) is 0.646. The van der Waals surface area contributed by atoms with Crippen molar-refractivity contribution in [3.8, 4) is 11.5 Å². The lowest BCUT2D eigenvalue weighted by Crippen LogP contribution is -2.38. The first-order valence-electron chi connectivity index (χ1n) is 9.74. The van der Waals surface area contributed by atoms with Crippen molar-refractivity contribution in [1.82, 2.24) is 10.0 Å². The van der Waals surface area contributed by atoms with Crippen molar-refractivity contribution in [2.45, 2.75) is 11.8 Å². The van der Waals surface area contributed by atoms with Gasteiger partial charge in [0.25, 0.3) is 0 Å². The first-order chi connectivity index (χ1) is 15.6. The van der Waals surface area contributed by atoms with Crippen molar-refractivity contribution in [3.63, 3.8) is 0 Å². The lowest BCUT2D eigenvalue weighted by Gasteiger charge is -2.11. The van der Waals surface area contributed by atoms with Crippen molar-refractivity contribution in [2.75, 3.05) is 39.7 Å². The summed E-state index contributed by atoms with van der Waals surface area (Å²) < 4.78 is 36.4. The van der Waals surface area contributed by atoms with Crippen LogP contribution in [-0.2, 0) is 14.8 Å². The molecule has 0 saturated carbocycles. The molecule has 5 N–H and O–H groups in total. The van der Waals surface area contributed by atoms with E-state index in [4.69, 9.17) is 15.2 Å². The number of guanidine groups is 1. The monoisotopic (exact) mass is 477 g/mol. The smallest absolute Gasteiger partial charge is 0.243 e. The molecule has 0 radical (unpaired) electrons. The van der Waals surface area contributed by atoms with E-state index < -0.39 is 15.9 Å². The van der Waals surface area contributed by atoms with Crippen LogP contribution in [0.1, 0.15) is 15.9 Å². The van der Waals surface area contributed by atoms with Gasteiger partial charge in [0.2, 0.25) is 15.9 Å². The Morgan fingerprint density at radius 3 is 2.39 bits per heavy atom. The molecule has 0 aliphatic heterocycles. The summed E-state index contributed by atoms with van der Waals surface area (Å²) >= 11 is 0. The Morgan fingerprint density at radius 1 is 1.06 bits per heavy atom. The van der Waals surface area contributed by atoms with Crippen molar-refractivity contribution >= 4 is 33.4 Å². The third-order valence-corrected chi connectivity index (χ3v) is 6.00. The minimum Gasteiger partial charge on any atom is -0.493 e. The highest BCUT2D eigenvalue weighted by Crippen LogP contribution is 2.27. The van der Waals surface area contributed by atoms with Crippen LogP contribution in [0.25, 0.3) is 0 Å².